The van der Waals surface area contributed by atoms with Crippen molar-refractivity contribution in [3.05, 3.63) is 65.6 Å². The Hall–Kier alpha value is -3.73. The summed E-state index contributed by atoms with van der Waals surface area (Å²) in [5.74, 6) is -1.26. The van der Waals surface area contributed by atoms with Gasteiger partial charge in [0.25, 0.3) is 5.91 Å². The van der Waals surface area contributed by atoms with Crippen molar-refractivity contribution >= 4 is 28.4 Å². The number of ether oxygens (including phenoxy) is 1. The monoisotopic (exact) mass is 490 g/mol. The Labute approximate surface area is 198 Å². The molecule has 7 nitrogen and oxygen atoms in total. The second-order valence-corrected chi connectivity index (χ2v) is 8.15. The number of hydrogen-bond donors (Lipinski definition) is 1. The van der Waals surface area contributed by atoms with Crippen molar-refractivity contribution in [3.63, 3.8) is 0 Å². The molecule has 1 aromatic heterocycles. The molecule has 1 saturated heterocycles. The van der Waals surface area contributed by atoms with Gasteiger partial charge in [-0.25, -0.2) is 4.39 Å². The van der Waals surface area contributed by atoms with Crippen LogP contribution in [-0.2, 0) is 4.79 Å². The van der Waals surface area contributed by atoms with Gasteiger partial charge in [0.1, 0.15) is 11.6 Å². The second-order valence-electron chi connectivity index (χ2n) is 8.15. The molecule has 0 bridgehead atoms. The van der Waals surface area contributed by atoms with Gasteiger partial charge in [-0.3, -0.25) is 19.5 Å². The molecule has 2 aromatic carbocycles. The summed E-state index contributed by atoms with van der Waals surface area (Å²) in [6.07, 6.45) is -4.78. The van der Waals surface area contributed by atoms with Crippen LogP contribution in [0.15, 0.2) is 48.5 Å². The molecule has 1 fully saturated rings. The lowest BCUT2D eigenvalue weighted by Gasteiger charge is -2.34. The van der Waals surface area contributed by atoms with E-state index in [9.17, 15) is 27.2 Å². The predicted molar refractivity (Wildman–Crippen MR) is 121 cm³/mol. The van der Waals surface area contributed by atoms with Crippen LogP contribution in [0, 0.1) is 12.7 Å². The number of anilines is 1. The van der Waals surface area contributed by atoms with Gasteiger partial charge in [-0.15, -0.1) is 13.2 Å². The van der Waals surface area contributed by atoms with Gasteiger partial charge in [-0.2, -0.15) is 0 Å². The van der Waals surface area contributed by atoms with Gasteiger partial charge in [-0.05, 0) is 49.4 Å². The number of benzene rings is 2. The maximum absolute atomic E-state index is 13.4. The van der Waals surface area contributed by atoms with Gasteiger partial charge in [0, 0.05) is 43.3 Å². The highest BCUT2D eigenvalue weighted by Gasteiger charge is 2.31. The van der Waals surface area contributed by atoms with Crippen LogP contribution < -0.4 is 10.1 Å². The van der Waals surface area contributed by atoms with E-state index < -0.39 is 12.2 Å². The Morgan fingerprint density at radius 3 is 2.37 bits per heavy atom. The first-order valence-electron chi connectivity index (χ1n) is 10.8. The number of nitrogens with one attached hydrogen (secondary N) is 1. The third kappa shape index (κ3) is 6.24. The molecule has 2 heterocycles. The Kier molecular flexibility index (Phi) is 6.88. The number of aromatic nitrogens is 1. The molecule has 0 spiro atoms. The van der Waals surface area contributed by atoms with Crippen molar-refractivity contribution in [2.75, 3.05) is 38.0 Å². The minimum absolute atomic E-state index is 0.0744. The molecule has 4 rings (SSSR count). The number of pyridine rings is 1. The molecule has 0 radical (unpaired) electrons. The van der Waals surface area contributed by atoms with Gasteiger partial charge in [0.05, 0.1) is 23.3 Å². The molecule has 0 atom stereocenters. The minimum Gasteiger partial charge on any atom is -0.406 e. The van der Waals surface area contributed by atoms with E-state index in [1.807, 2.05) is 4.90 Å². The lowest BCUT2D eigenvalue weighted by Crippen LogP contribution is -2.50. The first-order valence-corrected chi connectivity index (χ1v) is 10.8. The molecule has 3 aromatic rings. The number of hydrogen-bond acceptors (Lipinski definition) is 5. The van der Waals surface area contributed by atoms with E-state index in [2.05, 4.69) is 15.0 Å². The molecule has 0 unspecified atom stereocenters. The maximum atomic E-state index is 13.4. The lowest BCUT2D eigenvalue weighted by molar-refractivity contribution is -0.274. The van der Waals surface area contributed by atoms with Gasteiger partial charge in [-0.1, -0.05) is 0 Å². The summed E-state index contributed by atoms with van der Waals surface area (Å²) < 4.78 is 54.0. The Balaban J connectivity index is 1.30. The summed E-state index contributed by atoms with van der Waals surface area (Å²) in [5, 5.41) is 3.31. The molecule has 35 heavy (non-hydrogen) atoms. The first kappa shape index (κ1) is 24.4. The SMILES string of the molecule is Cc1nc2cc(F)ccc2cc1C(=O)N1CCN(CC(=O)Nc2ccc(OC(F)(F)F)cc2)CC1. The van der Waals surface area contributed by atoms with Crippen LogP contribution in [0.1, 0.15) is 16.1 Å². The fraction of sp³-hybridized carbons (Fsp3) is 0.292. The van der Waals surface area contributed by atoms with Crippen molar-refractivity contribution < 1.29 is 31.9 Å². The van der Waals surface area contributed by atoms with Crippen LogP contribution in [-0.4, -0.2) is 65.7 Å². The highest BCUT2D eigenvalue weighted by Crippen LogP contribution is 2.24. The van der Waals surface area contributed by atoms with E-state index in [-0.39, 0.29) is 24.1 Å². The average molecular weight is 490 g/mol. The number of amides is 2. The van der Waals surface area contributed by atoms with Gasteiger partial charge in [0.2, 0.25) is 5.91 Å². The quantitative estimate of drug-likeness (QED) is 0.548. The average Bonchev–Trinajstić information content (AvgIpc) is 2.79. The summed E-state index contributed by atoms with van der Waals surface area (Å²) in [7, 11) is 0. The normalized spacial score (nSPS) is 14.7. The number of fused-ring (bicyclic) bond motifs is 1. The molecule has 0 saturated carbocycles. The fourth-order valence-electron chi connectivity index (χ4n) is 3.88. The largest absolute Gasteiger partial charge is 0.573 e. The van der Waals surface area contributed by atoms with Crippen LogP contribution in [0.5, 0.6) is 5.75 Å². The van der Waals surface area contributed by atoms with Crippen molar-refractivity contribution in [3.8, 4) is 5.75 Å². The molecule has 11 heteroatoms. The van der Waals surface area contributed by atoms with Crippen molar-refractivity contribution in [2.45, 2.75) is 13.3 Å². The van der Waals surface area contributed by atoms with Gasteiger partial charge >= 0.3 is 6.36 Å². The zero-order valence-electron chi connectivity index (χ0n) is 18.7. The summed E-state index contributed by atoms with van der Waals surface area (Å²) in [4.78, 5) is 33.3. The predicted octanol–water partition coefficient (Wildman–Crippen LogP) is 3.98. The first-order chi connectivity index (χ1) is 16.6. The van der Waals surface area contributed by atoms with Crippen molar-refractivity contribution in [1.29, 1.82) is 0 Å². The zero-order valence-corrected chi connectivity index (χ0v) is 18.7. The number of nitrogens with zero attached hydrogens (tertiary/aromatic N) is 3. The zero-order chi connectivity index (χ0) is 25.2. The molecular weight excluding hydrogens is 468 g/mol. The highest BCUT2D eigenvalue weighted by molar-refractivity contribution is 5.98. The van der Waals surface area contributed by atoms with Gasteiger partial charge < -0.3 is 15.0 Å². The Morgan fingerprint density at radius 2 is 1.71 bits per heavy atom. The fourth-order valence-corrected chi connectivity index (χ4v) is 3.88. The number of halogens is 4. The summed E-state index contributed by atoms with van der Waals surface area (Å²) >= 11 is 0. The van der Waals surface area contributed by atoms with Crippen LogP contribution in [0.25, 0.3) is 10.9 Å². The molecule has 1 N–H and O–H groups in total. The van der Waals surface area contributed by atoms with Crippen LogP contribution in [0.2, 0.25) is 0 Å². The van der Waals surface area contributed by atoms with E-state index in [1.165, 1.54) is 24.3 Å². The third-order valence-electron chi connectivity index (χ3n) is 5.60. The minimum atomic E-state index is -4.78. The molecule has 0 aliphatic carbocycles. The van der Waals surface area contributed by atoms with E-state index in [0.29, 0.717) is 54.0 Å². The summed E-state index contributed by atoms with van der Waals surface area (Å²) in [5.41, 5.74) is 1.80. The number of piperazine rings is 1. The van der Waals surface area contributed by atoms with Crippen molar-refractivity contribution in [2.24, 2.45) is 0 Å². The molecule has 1 aliphatic heterocycles. The molecule has 1 aliphatic rings. The van der Waals surface area contributed by atoms with Gasteiger partial charge in [0.15, 0.2) is 0 Å². The smallest absolute Gasteiger partial charge is 0.406 e. The molecule has 184 valence electrons. The highest BCUT2D eigenvalue weighted by atomic mass is 19.4. The van der Waals surface area contributed by atoms with Crippen LogP contribution in [0.4, 0.5) is 23.2 Å². The topological polar surface area (TPSA) is 74.8 Å². The lowest BCUT2D eigenvalue weighted by atomic mass is 10.1. The number of aryl methyl sites for hydroxylation is 1. The second kappa shape index (κ2) is 9.87. The molecular formula is C24H22F4N4O3. The number of carbonyl (C=O) groups excluding carboxylic acids is 2. The number of rotatable bonds is 5. The third-order valence-corrected chi connectivity index (χ3v) is 5.60. The van der Waals surface area contributed by atoms with E-state index >= 15 is 0 Å². The standard InChI is InChI=1S/C24H22F4N4O3/c1-15-20(12-16-2-3-17(25)13-21(16)29-15)23(34)32-10-8-31(9-11-32)14-22(33)30-18-4-6-19(7-5-18)35-24(26,27)28/h2-7,12-13H,8-11,14H2,1H3,(H,30,33). The van der Waals surface area contributed by atoms with Crippen LogP contribution >= 0.6 is 0 Å². The summed E-state index contributed by atoms with van der Waals surface area (Å²) in [6, 6.07) is 10.8. The summed E-state index contributed by atoms with van der Waals surface area (Å²) in [6.45, 7) is 3.56. The van der Waals surface area contributed by atoms with E-state index in [1.54, 1.807) is 24.0 Å². The molecule has 2 amide bonds. The Bertz CT molecular complexity index is 1240. The Morgan fingerprint density at radius 1 is 1.03 bits per heavy atom. The van der Waals surface area contributed by atoms with Crippen molar-refractivity contribution in [1.82, 2.24) is 14.8 Å². The van der Waals surface area contributed by atoms with Crippen LogP contribution in [0.3, 0.4) is 0 Å². The number of alkyl halides is 3. The number of carbonyl (C=O) groups is 2. The van der Waals surface area contributed by atoms with E-state index in [4.69, 9.17) is 0 Å². The maximum Gasteiger partial charge on any atom is 0.573 e. The van der Waals surface area contributed by atoms with E-state index in [0.717, 1.165) is 12.1 Å².